The molecule has 1 amide bonds. The van der Waals surface area contributed by atoms with Crippen LogP contribution in [0.1, 0.15) is 43.5 Å². The van der Waals surface area contributed by atoms with Gasteiger partial charge < -0.3 is 19.6 Å². The van der Waals surface area contributed by atoms with Gasteiger partial charge >= 0.3 is 18.2 Å². The van der Waals surface area contributed by atoms with Crippen LogP contribution in [-0.4, -0.2) is 74.1 Å². The molecule has 3 heterocycles. The average Bonchev–Trinajstić information content (AvgIpc) is 3.19. The van der Waals surface area contributed by atoms with E-state index < -0.39 is 55.3 Å². The Hall–Kier alpha value is -3.52. The number of aliphatic carboxylic acids is 1. The molecular formula is C23H27F5N6O4. The summed E-state index contributed by atoms with van der Waals surface area (Å²) < 4.78 is 74.9. The summed E-state index contributed by atoms with van der Waals surface area (Å²) in [5.41, 5.74) is -1.32. The first-order valence-electron chi connectivity index (χ1n) is 12.0. The van der Waals surface area contributed by atoms with E-state index in [0.29, 0.717) is 19.4 Å². The first-order chi connectivity index (χ1) is 17.7. The Morgan fingerprint density at radius 3 is 2.61 bits per heavy atom. The number of carboxylic acids is 1. The Labute approximate surface area is 214 Å². The zero-order chi connectivity index (χ0) is 27.8. The molecule has 1 saturated carbocycles. The van der Waals surface area contributed by atoms with E-state index in [1.807, 2.05) is 0 Å². The zero-order valence-corrected chi connectivity index (χ0v) is 20.7. The van der Waals surface area contributed by atoms with Crippen LogP contribution < -0.4 is 4.90 Å². The van der Waals surface area contributed by atoms with Crippen molar-refractivity contribution in [2.24, 2.45) is 13.0 Å². The van der Waals surface area contributed by atoms with Crippen LogP contribution in [0, 0.1) is 5.92 Å². The summed E-state index contributed by atoms with van der Waals surface area (Å²) in [6, 6.07) is 1.95. The van der Waals surface area contributed by atoms with Gasteiger partial charge in [-0.05, 0) is 30.9 Å². The Balaban J connectivity index is 1.55. The number of piperidine rings is 1. The molecule has 0 spiro atoms. The highest BCUT2D eigenvalue weighted by Gasteiger charge is 2.48. The highest BCUT2D eigenvalue weighted by molar-refractivity contribution is 5.69. The van der Waals surface area contributed by atoms with E-state index in [2.05, 4.69) is 15.3 Å². The number of rotatable bonds is 7. The molecule has 0 radical (unpaired) electrons. The Kier molecular flexibility index (Phi) is 7.48. The van der Waals surface area contributed by atoms with E-state index in [-0.39, 0.29) is 41.7 Å². The summed E-state index contributed by atoms with van der Waals surface area (Å²) in [5, 5.41) is 16.8. The van der Waals surface area contributed by atoms with Gasteiger partial charge in [0.1, 0.15) is 18.0 Å². The summed E-state index contributed by atoms with van der Waals surface area (Å²) in [6.45, 7) is 0.0646. The second-order valence-electron chi connectivity index (χ2n) is 9.71. The molecule has 2 aromatic rings. The number of nitrogens with zero attached hydrogens (tertiary/aromatic N) is 6. The number of amides is 1. The van der Waals surface area contributed by atoms with E-state index in [1.54, 1.807) is 0 Å². The minimum Gasteiger partial charge on any atom is -0.481 e. The molecule has 0 bridgehead atoms. The van der Waals surface area contributed by atoms with Crippen LogP contribution >= 0.6 is 0 Å². The van der Waals surface area contributed by atoms with Crippen molar-refractivity contribution in [3.63, 3.8) is 0 Å². The van der Waals surface area contributed by atoms with Crippen molar-refractivity contribution in [1.82, 2.24) is 24.9 Å². The molecule has 2 aromatic heterocycles. The lowest BCUT2D eigenvalue weighted by atomic mass is 9.87. The summed E-state index contributed by atoms with van der Waals surface area (Å²) in [4.78, 5) is 29.8. The Morgan fingerprint density at radius 1 is 1.26 bits per heavy atom. The number of aryl methyl sites for hydroxylation is 1. The molecule has 2 aliphatic rings. The minimum atomic E-state index is -4.81. The average molecular weight is 546 g/mol. The molecular weight excluding hydrogens is 519 g/mol. The number of hydrogen-bond donors (Lipinski definition) is 1. The lowest BCUT2D eigenvalue weighted by molar-refractivity contribution is -0.141. The third kappa shape index (κ3) is 5.96. The maximum Gasteiger partial charge on any atom is 0.435 e. The monoisotopic (exact) mass is 546 g/mol. The van der Waals surface area contributed by atoms with Crippen LogP contribution in [0.15, 0.2) is 12.1 Å². The fourth-order valence-corrected chi connectivity index (χ4v) is 4.77. The third-order valence-electron chi connectivity index (χ3n) is 6.89. The summed E-state index contributed by atoms with van der Waals surface area (Å²) in [5.74, 6) is -4.11. The summed E-state index contributed by atoms with van der Waals surface area (Å²) in [6.07, 6.45) is -5.60. The Morgan fingerprint density at radius 2 is 1.97 bits per heavy atom. The quantitative estimate of drug-likeness (QED) is 0.520. The highest BCUT2D eigenvalue weighted by Crippen LogP contribution is 2.41. The van der Waals surface area contributed by atoms with Crippen molar-refractivity contribution in [2.45, 2.75) is 56.9 Å². The zero-order valence-electron chi connectivity index (χ0n) is 20.7. The van der Waals surface area contributed by atoms with Crippen LogP contribution in [0.3, 0.4) is 0 Å². The molecule has 1 atom stereocenters. The van der Waals surface area contributed by atoms with E-state index >= 15 is 0 Å². The SMILES string of the molecule is CN(C(=O)OCc1c(-c2ccc(N3CCC[C@H](CC(=O)O)C3)c(C(F)(F)F)n2)nnn1C)C1CC(F)(F)C1. The maximum atomic E-state index is 14.1. The molecule has 38 heavy (non-hydrogen) atoms. The number of halogens is 5. The summed E-state index contributed by atoms with van der Waals surface area (Å²) >= 11 is 0. The van der Waals surface area contributed by atoms with Gasteiger partial charge in [-0.25, -0.2) is 23.2 Å². The summed E-state index contributed by atoms with van der Waals surface area (Å²) in [7, 11) is 2.80. The van der Waals surface area contributed by atoms with Crippen molar-refractivity contribution in [2.75, 3.05) is 25.0 Å². The number of carbonyl (C=O) groups excluding carboxylic acids is 1. The second kappa shape index (κ2) is 10.3. The molecule has 208 valence electrons. The standard InChI is InChI=1S/C23H27F5N6O4/c1-32(14-9-22(24,25)10-14)21(37)38-12-17-19(30-31-33(17)2)15-5-6-16(20(29-15)23(26,27)28)34-7-3-4-13(11-34)8-18(35)36/h5-6,13-14H,3-4,7-12H2,1-2H3,(H,35,36)/t13-/m1/s1. The normalized spacial score (nSPS) is 19.7. The topological polar surface area (TPSA) is 114 Å². The lowest BCUT2D eigenvalue weighted by Crippen LogP contribution is -2.51. The van der Waals surface area contributed by atoms with Crippen LogP contribution in [0.2, 0.25) is 0 Å². The van der Waals surface area contributed by atoms with E-state index in [4.69, 9.17) is 9.84 Å². The molecule has 0 aromatic carbocycles. The van der Waals surface area contributed by atoms with Crippen molar-refractivity contribution < 1.29 is 41.4 Å². The molecule has 1 aliphatic carbocycles. The second-order valence-corrected chi connectivity index (χ2v) is 9.71. The Bertz CT molecular complexity index is 1200. The lowest BCUT2D eigenvalue weighted by Gasteiger charge is -2.40. The van der Waals surface area contributed by atoms with Gasteiger partial charge in [0.25, 0.3) is 5.92 Å². The van der Waals surface area contributed by atoms with Crippen LogP contribution in [0.4, 0.5) is 32.4 Å². The fraction of sp³-hybridized carbons (Fsp3) is 0.609. The number of ether oxygens (including phenoxy) is 1. The molecule has 2 fully saturated rings. The third-order valence-corrected chi connectivity index (χ3v) is 6.89. The highest BCUT2D eigenvalue weighted by atomic mass is 19.4. The van der Waals surface area contributed by atoms with Gasteiger partial charge in [0.15, 0.2) is 5.69 Å². The fourth-order valence-electron chi connectivity index (χ4n) is 4.77. The van der Waals surface area contributed by atoms with Crippen LogP contribution in [0.25, 0.3) is 11.4 Å². The van der Waals surface area contributed by atoms with E-state index in [9.17, 15) is 31.5 Å². The van der Waals surface area contributed by atoms with Crippen molar-refractivity contribution >= 4 is 17.7 Å². The van der Waals surface area contributed by atoms with Gasteiger partial charge in [0.2, 0.25) is 0 Å². The first kappa shape index (κ1) is 27.5. The van der Waals surface area contributed by atoms with Gasteiger partial charge in [-0.1, -0.05) is 5.21 Å². The molecule has 1 saturated heterocycles. The first-order valence-corrected chi connectivity index (χ1v) is 12.0. The molecule has 15 heteroatoms. The number of pyridine rings is 1. The van der Waals surface area contributed by atoms with Gasteiger partial charge in [-0.3, -0.25) is 4.79 Å². The smallest absolute Gasteiger partial charge is 0.435 e. The number of hydrogen-bond acceptors (Lipinski definition) is 7. The molecule has 1 aliphatic heterocycles. The number of alkyl halides is 5. The van der Waals surface area contributed by atoms with Gasteiger partial charge in [-0.15, -0.1) is 5.10 Å². The van der Waals surface area contributed by atoms with Crippen molar-refractivity contribution in [1.29, 1.82) is 0 Å². The number of aromatic nitrogens is 4. The molecule has 4 rings (SSSR count). The minimum absolute atomic E-state index is 0.0300. The number of carboxylic acid groups (broad SMARTS) is 1. The predicted molar refractivity (Wildman–Crippen MR) is 122 cm³/mol. The predicted octanol–water partition coefficient (Wildman–Crippen LogP) is 3.95. The molecule has 0 unspecified atom stereocenters. The van der Waals surface area contributed by atoms with Crippen LogP contribution in [0.5, 0.6) is 0 Å². The van der Waals surface area contributed by atoms with E-state index in [0.717, 1.165) is 4.90 Å². The van der Waals surface area contributed by atoms with Crippen molar-refractivity contribution in [3.8, 4) is 11.4 Å². The maximum absolute atomic E-state index is 14.1. The van der Waals surface area contributed by atoms with Gasteiger partial charge in [0.05, 0.1) is 11.4 Å². The largest absolute Gasteiger partial charge is 0.481 e. The number of carbonyl (C=O) groups is 2. The van der Waals surface area contributed by atoms with Crippen molar-refractivity contribution in [3.05, 3.63) is 23.5 Å². The van der Waals surface area contributed by atoms with E-state index in [1.165, 1.54) is 35.8 Å². The van der Waals surface area contributed by atoms with Gasteiger partial charge in [-0.2, -0.15) is 13.2 Å². The van der Waals surface area contributed by atoms with Crippen LogP contribution in [-0.2, 0) is 29.4 Å². The molecule has 10 nitrogen and oxygen atoms in total. The number of anilines is 1. The van der Waals surface area contributed by atoms with Gasteiger partial charge in [0, 0.05) is 52.5 Å². The molecule has 1 N–H and O–H groups in total.